The molecule has 0 unspecified atom stereocenters. The fraction of sp³-hybridized carbons (Fsp3) is 0.316. The second-order valence-corrected chi connectivity index (χ2v) is 6.26. The second-order valence-electron chi connectivity index (χ2n) is 6.26. The number of benzene rings is 1. The van der Waals surface area contributed by atoms with E-state index in [4.69, 9.17) is 4.74 Å². The Morgan fingerprint density at radius 3 is 2.38 bits per heavy atom. The summed E-state index contributed by atoms with van der Waals surface area (Å²) in [6.45, 7) is 3.23. The van der Waals surface area contributed by atoms with Gasteiger partial charge in [0.25, 0.3) is 0 Å². The fourth-order valence-electron chi connectivity index (χ4n) is 3.35. The smallest absolute Gasteiger partial charge is 0.316 e. The van der Waals surface area contributed by atoms with Crippen LogP contribution in [0.25, 0.3) is 0 Å². The van der Waals surface area contributed by atoms with Gasteiger partial charge in [0, 0.05) is 44.3 Å². The van der Waals surface area contributed by atoms with E-state index in [9.17, 15) is 9.59 Å². The maximum absolute atomic E-state index is 12.8. The average molecular weight is 352 g/mol. The first-order chi connectivity index (χ1) is 12.7. The van der Waals surface area contributed by atoms with Crippen molar-refractivity contribution in [3.63, 3.8) is 0 Å². The summed E-state index contributed by atoms with van der Waals surface area (Å²) >= 11 is 0. The zero-order chi connectivity index (χ0) is 17.9. The molecule has 2 aliphatic heterocycles. The molecule has 0 N–H and O–H groups in total. The molecule has 0 aliphatic carbocycles. The summed E-state index contributed by atoms with van der Waals surface area (Å²) in [5.74, 6) is -0.295. The van der Waals surface area contributed by atoms with Crippen LogP contribution in [0.5, 0.6) is 5.75 Å². The van der Waals surface area contributed by atoms with Gasteiger partial charge in [-0.3, -0.25) is 19.5 Å². The topological polar surface area (TPSA) is 66.0 Å². The molecule has 1 fully saturated rings. The van der Waals surface area contributed by atoms with Gasteiger partial charge in [0.05, 0.1) is 12.2 Å². The first-order valence-corrected chi connectivity index (χ1v) is 8.71. The number of hydrogen-bond donors (Lipinski definition) is 0. The number of para-hydroxylation sites is 2. The quantitative estimate of drug-likeness (QED) is 0.721. The Kier molecular flexibility index (Phi) is 4.43. The molecular weight excluding hydrogens is 332 g/mol. The molecule has 0 spiro atoms. The van der Waals surface area contributed by atoms with Crippen LogP contribution < -0.4 is 14.5 Å². The van der Waals surface area contributed by atoms with E-state index in [0.29, 0.717) is 50.8 Å². The summed E-state index contributed by atoms with van der Waals surface area (Å²) < 4.78 is 5.56. The number of fused-ring (bicyclic) bond motifs is 1. The van der Waals surface area contributed by atoms with Gasteiger partial charge in [0.15, 0.2) is 0 Å². The number of ether oxygens (including phenoxy) is 1. The standard InChI is InChI=1S/C19H20N4O3/c24-18(19(25)23-13-14-26-17-4-2-1-3-16(17)23)22-11-9-21(10-12-22)15-5-7-20-8-6-15/h1-8H,9-14H2. The van der Waals surface area contributed by atoms with Gasteiger partial charge in [0.1, 0.15) is 12.4 Å². The highest BCUT2D eigenvalue weighted by atomic mass is 16.5. The predicted molar refractivity (Wildman–Crippen MR) is 97.3 cm³/mol. The van der Waals surface area contributed by atoms with Gasteiger partial charge < -0.3 is 14.5 Å². The average Bonchev–Trinajstić information content (AvgIpc) is 2.73. The first kappa shape index (κ1) is 16.4. The molecule has 7 nitrogen and oxygen atoms in total. The van der Waals surface area contributed by atoms with E-state index in [1.54, 1.807) is 23.4 Å². The molecule has 3 heterocycles. The number of hydrogen-bond acceptors (Lipinski definition) is 5. The summed E-state index contributed by atoms with van der Waals surface area (Å²) in [7, 11) is 0. The summed E-state index contributed by atoms with van der Waals surface area (Å²) in [6.07, 6.45) is 3.51. The lowest BCUT2D eigenvalue weighted by Gasteiger charge is -2.37. The normalized spacial score (nSPS) is 16.7. The molecule has 1 aromatic carbocycles. The van der Waals surface area contributed by atoms with Crippen molar-refractivity contribution in [1.29, 1.82) is 0 Å². The number of nitrogens with zero attached hydrogens (tertiary/aromatic N) is 4. The summed E-state index contributed by atoms with van der Waals surface area (Å²) in [5.41, 5.74) is 1.74. The third-order valence-electron chi connectivity index (χ3n) is 4.75. The SMILES string of the molecule is O=C(C(=O)N1CCOc2ccccc21)N1CCN(c2ccncc2)CC1. The molecule has 0 atom stereocenters. The van der Waals surface area contributed by atoms with Gasteiger partial charge in [-0.15, -0.1) is 0 Å². The molecule has 4 rings (SSSR count). The number of amides is 2. The molecule has 2 aliphatic rings. The minimum absolute atomic E-state index is 0.387. The van der Waals surface area contributed by atoms with Crippen LogP contribution >= 0.6 is 0 Å². The van der Waals surface area contributed by atoms with Crippen LogP contribution in [-0.2, 0) is 9.59 Å². The lowest BCUT2D eigenvalue weighted by Crippen LogP contribution is -2.54. The monoisotopic (exact) mass is 352 g/mol. The van der Waals surface area contributed by atoms with Crippen molar-refractivity contribution in [2.24, 2.45) is 0 Å². The van der Waals surface area contributed by atoms with E-state index in [-0.39, 0.29) is 0 Å². The van der Waals surface area contributed by atoms with Crippen LogP contribution in [0.3, 0.4) is 0 Å². The van der Waals surface area contributed by atoms with Crippen molar-refractivity contribution in [2.45, 2.75) is 0 Å². The minimum atomic E-state index is -0.488. The van der Waals surface area contributed by atoms with E-state index < -0.39 is 11.8 Å². The predicted octanol–water partition coefficient (Wildman–Crippen LogP) is 1.16. The molecule has 2 amide bonds. The Morgan fingerprint density at radius 2 is 1.62 bits per heavy atom. The lowest BCUT2D eigenvalue weighted by atomic mass is 10.2. The molecule has 26 heavy (non-hydrogen) atoms. The van der Waals surface area contributed by atoms with Gasteiger partial charge in [0.2, 0.25) is 0 Å². The van der Waals surface area contributed by atoms with Crippen molar-refractivity contribution >= 4 is 23.2 Å². The van der Waals surface area contributed by atoms with Crippen LogP contribution in [0.1, 0.15) is 0 Å². The highest BCUT2D eigenvalue weighted by Gasteiger charge is 2.32. The Morgan fingerprint density at radius 1 is 0.885 bits per heavy atom. The van der Waals surface area contributed by atoms with Crippen molar-refractivity contribution in [3.8, 4) is 5.75 Å². The van der Waals surface area contributed by atoms with E-state index in [1.807, 2.05) is 30.3 Å². The molecule has 1 aromatic heterocycles. The van der Waals surface area contributed by atoms with Crippen molar-refractivity contribution in [3.05, 3.63) is 48.8 Å². The van der Waals surface area contributed by atoms with E-state index >= 15 is 0 Å². The molecule has 134 valence electrons. The first-order valence-electron chi connectivity index (χ1n) is 8.71. The highest BCUT2D eigenvalue weighted by Crippen LogP contribution is 2.31. The number of carbonyl (C=O) groups is 2. The summed E-state index contributed by atoms with van der Waals surface area (Å²) in [6, 6.07) is 11.2. The van der Waals surface area contributed by atoms with Crippen LogP contribution in [0.15, 0.2) is 48.8 Å². The molecule has 1 saturated heterocycles. The number of aromatic nitrogens is 1. The van der Waals surface area contributed by atoms with Gasteiger partial charge in [-0.25, -0.2) is 0 Å². The van der Waals surface area contributed by atoms with Gasteiger partial charge in [-0.2, -0.15) is 0 Å². The Bertz CT molecular complexity index is 803. The molecule has 2 aromatic rings. The zero-order valence-corrected chi connectivity index (χ0v) is 14.4. The van der Waals surface area contributed by atoms with E-state index in [1.165, 1.54) is 4.90 Å². The van der Waals surface area contributed by atoms with Crippen molar-refractivity contribution in [1.82, 2.24) is 9.88 Å². The van der Waals surface area contributed by atoms with E-state index in [2.05, 4.69) is 9.88 Å². The van der Waals surface area contributed by atoms with Crippen LogP contribution in [0.2, 0.25) is 0 Å². The zero-order valence-electron chi connectivity index (χ0n) is 14.4. The number of rotatable bonds is 1. The van der Waals surface area contributed by atoms with Crippen molar-refractivity contribution in [2.75, 3.05) is 49.1 Å². The number of pyridine rings is 1. The number of anilines is 2. The highest BCUT2D eigenvalue weighted by molar-refractivity contribution is 6.40. The lowest BCUT2D eigenvalue weighted by molar-refractivity contribution is -0.144. The van der Waals surface area contributed by atoms with Gasteiger partial charge >= 0.3 is 11.8 Å². The fourth-order valence-corrected chi connectivity index (χ4v) is 3.35. The van der Waals surface area contributed by atoms with Crippen LogP contribution in [0.4, 0.5) is 11.4 Å². The number of carbonyl (C=O) groups excluding carboxylic acids is 2. The van der Waals surface area contributed by atoms with Crippen molar-refractivity contribution < 1.29 is 14.3 Å². The molecule has 0 radical (unpaired) electrons. The molecule has 0 saturated carbocycles. The van der Waals surface area contributed by atoms with Gasteiger partial charge in [-0.05, 0) is 24.3 Å². The maximum atomic E-state index is 12.8. The molecule has 0 bridgehead atoms. The third kappa shape index (κ3) is 3.08. The molecular formula is C19H20N4O3. The van der Waals surface area contributed by atoms with Gasteiger partial charge in [-0.1, -0.05) is 12.1 Å². The van der Waals surface area contributed by atoms with Crippen LogP contribution in [-0.4, -0.2) is 61.0 Å². The Balaban J connectivity index is 1.42. The number of piperazine rings is 1. The second kappa shape index (κ2) is 7.03. The third-order valence-corrected chi connectivity index (χ3v) is 4.75. The Hall–Kier alpha value is -3.09. The minimum Gasteiger partial charge on any atom is -0.490 e. The molecule has 7 heteroatoms. The summed E-state index contributed by atoms with van der Waals surface area (Å²) in [4.78, 5) is 34.9. The van der Waals surface area contributed by atoms with E-state index in [0.717, 1.165) is 5.69 Å². The van der Waals surface area contributed by atoms with Crippen LogP contribution in [0, 0.1) is 0 Å². The summed E-state index contributed by atoms with van der Waals surface area (Å²) in [5, 5.41) is 0. The largest absolute Gasteiger partial charge is 0.490 e. The maximum Gasteiger partial charge on any atom is 0.316 e. The Labute approximate surface area is 151 Å².